The maximum absolute atomic E-state index is 11.3. The van der Waals surface area contributed by atoms with E-state index in [1.165, 1.54) is 13.1 Å². The number of aliphatic hydroxyl groups excluding tert-OH is 1. The number of benzene rings is 1. The topological polar surface area (TPSA) is 64.3 Å². The molecule has 0 bridgehead atoms. The van der Waals surface area contributed by atoms with E-state index in [0.29, 0.717) is 22.9 Å². The van der Waals surface area contributed by atoms with Crippen LogP contribution in [0.5, 0.6) is 5.75 Å². The fraction of sp³-hybridized carbons (Fsp3) is 0.286. The molecule has 0 saturated heterocycles. The third-order valence-electron chi connectivity index (χ3n) is 2.68. The lowest BCUT2D eigenvalue weighted by molar-refractivity contribution is 0.0892. The molecule has 0 spiro atoms. The minimum absolute atomic E-state index is 0.0258. The van der Waals surface area contributed by atoms with Crippen molar-refractivity contribution >= 4 is 17.4 Å². The average Bonchev–Trinajstić information content (AvgIpc) is 2.82. The molecule has 106 valence electrons. The van der Waals surface area contributed by atoms with Crippen LogP contribution in [0.4, 0.5) is 0 Å². The molecule has 0 unspecified atom stereocenters. The number of rotatable bonds is 6. The molecule has 0 fully saturated rings. The van der Waals surface area contributed by atoms with Gasteiger partial charge in [0.25, 0.3) is 0 Å². The van der Waals surface area contributed by atoms with Crippen molar-refractivity contribution in [2.75, 3.05) is 6.61 Å². The van der Waals surface area contributed by atoms with Crippen molar-refractivity contribution in [3.05, 3.63) is 47.2 Å². The van der Waals surface area contributed by atoms with Crippen LogP contribution >= 0.6 is 11.6 Å². The summed E-state index contributed by atoms with van der Waals surface area (Å²) in [6, 6.07) is 6.85. The van der Waals surface area contributed by atoms with Crippen molar-refractivity contribution in [3.8, 4) is 5.75 Å². The van der Waals surface area contributed by atoms with Crippen LogP contribution in [0, 0.1) is 0 Å². The standard InChI is InChI=1S/C14H15ClN2O3/c1-10(18)11-3-2-4-14(5-11)20-9-13(19)8-17-7-12(15)6-16-17/h2-7,13,19H,8-9H2,1H3/t13-/m1/s1. The molecular weight excluding hydrogens is 280 g/mol. The number of aliphatic hydroxyl groups is 1. The fourth-order valence-electron chi connectivity index (χ4n) is 1.70. The largest absolute Gasteiger partial charge is 0.491 e. The molecule has 2 aromatic rings. The number of carbonyl (C=O) groups excluding carboxylic acids is 1. The van der Waals surface area contributed by atoms with E-state index in [-0.39, 0.29) is 12.4 Å². The number of Topliss-reactive ketones (excluding diaryl/α,β-unsaturated/α-hetero) is 1. The lowest BCUT2D eigenvalue weighted by atomic mass is 10.1. The van der Waals surface area contributed by atoms with Crippen LogP contribution in [-0.2, 0) is 6.54 Å². The van der Waals surface area contributed by atoms with Gasteiger partial charge >= 0.3 is 0 Å². The van der Waals surface area contributed by atoms with E-state index < -0.39 is 6.10 Å². The molecule has 1 N–H and O–H groups in total. The second-order valence-electron chi connectivity index (χ2n) is 4.43. The zero-order valence-electron chi connectivity index (χ0n) is 11.0. The van der Waals surface area contributed by atoms with Crippen LogP contribution in [0.15, 0.2) is 36.7 Å². The first-order chi connectivity index (χ1) is 9.54. The Hall–Kier alpha value is -1.85. The SMILES string of the molecule is CC(=O)c1cccc(OC[C@H](O)Cn2cc(Cl)cn2)c1. The van der Waals surface area contributed by atoms with E-state index in [1.807, 2.05) is 0 Å². The average molecular weight is 295 g/mol. The number of carbonyl (C=O) groups is 1. The van der Waals surface area contributed by atoms with Crippen molar-refractivity contribution in [3.63, 3.8) is 0 Å². The lowest BCUT2D eigenvalue weighted by Gasteiger charge is -2.12. The Bertz CT molecular complexity index is 598. The van der Waals surface area contributed by atoms with Crippen molar-refractivity contribution < 1.29 is 14.6 Å². The maximum atomic E-state index is 11.3. The minimum Gasteiger partial charge on any atom is -0.491 e. The van der Waals surface area contributed by atoms with Crippen LogP contribution in [0.2, 0.25) is 5.02 Å². The lowest BCUT2D eigenvalue weighted by Crippen LogP contribution is -2.23. The summed E-state index contributed by atoms with van der Waals surface area (Å²) < 4.78 is 7.01. The van der Waals surface area contributed by atoms with Crippen molar-refractivity contribution in [2.24, 2.45) is 0 Å². The number of hydrogen-bond acceptors (Lipinski definition) is 4. The molecule has 0 aliphatic heterocycles. The molecule has 2 rings (SSSR count). The second kappa shape index (κ2) is 6.54. The summed E-state index contributed by atoms with van der Waals surface area (Å²) in [5, 5.41) is 14.3. The molecule has 1 aromatic heterocycles. The number of aromatic nitrogens is 2. The van der Waals surface area contributed by atoms with Gasteiger partial charge in [0.05, 0.1) is 17.8 Å². The van der Waals surface area contributed by atoms with Gasteiger partial charge in [0.1, 0.15) is 18.5 Å². The highest BCUT2D eigenvalue weighted by atomic mass is 35.5. The highest BCUT2D eigenvalue weighted by Gasteiger charge is 2.08. The smallest absolute Gasteiger partial charge is 0.159 e. The second-order valence-corrected chi connectivity index (χ2v) is 4.87. The van der Waals surface area contributed by atoms with Crippen molar-refractivity contribution in [2.45, 2.75) is 19.6 Å². The van der Waals surface area contributed by atoms with Gasteiger partial charge in [-0.3, -0.25) is 9.48 Å². The van der Waals surface area contributed by atoms with E-state index in [9.17, 15) is 9.90 Å². The van der Waals surface area contributed by atoms with Crippen molar-refractivity contribution in [1.29, 1.82) is 0 Å². The Morgan fingerprint density at radius 3 is 3.00 bits per heavy atom. The summed E-state index contributed by atoms with van der Waals surface area (Å²) in [4.78, 5) is 11.3. The molecule has 0 aliphatic carbocycles. The molecule has 0 amide bonds. The van der Waals surface area contributed by atoms with Crippen molar-refractivity contribution in [1.82, 2.24) is 9.78 Å². The first-order valence-corrected chi connectivity index (χ1v) is 6.52. The van der Waals surface area contributed by atoms with Gasteiger partial charge in [-0.2, -0.15) is 5.10 Å². The summed E-state index contributed by atoms with van der Waals surface area (Å²) in [5.74, 6) is 0.525. The van der Waals surface area contributed by atoms with Crippen LogP contribution in [-0.4, -0.2) is 33.4 Å². The van der Waals surface area contributed by atoms with Gasteiger partial charge < -0.3 is 9.84 Å². The number of ether oxygens (including phenoxy) is 1. The highest BCUT2D eigenvalue weighted by Crippen LogP contribution is 2.14. The number of ketones is 1. The number of halogens is 1. The molecule has 0 radical (unpaired) electrons. The zero-order valence-corrected chi connectivity index (χ0v) is 11.7. The quantitative estimate of drug-likeness (QED) is 0.829. The normalized spacial score (nSPS) is 12.2. The predicted octanol–water partition coefficient (Wildman–Crippen LogP) is 2.18. The Morgan fingerprint density at radius 2 is 2.35 bits per heavy atom. The van der Waals surface area contributed by atoms with Crippen LogP contribution < -0.4 is 4.74 Å². The van der Waals surface area contributed by atoms with Gasteiger partial charge in [-0.1, -0.05) is 23.7 Å². The zero-order chi connectivity index (χ0) is 14.5. The van der Waals surface area contributed by atoms with E-state index in [4.69, 9.17) is 16.3 Å². The summed E-state index contributed by atoms with van der Waals surface area (Å²) >= 11 is 5.74. The van der Waals surface area contributed by atoms with E-state index in [0.717, 1.165) is 0 Å². The Morgan fingerprint density at radius 1 is 1.55 bits per heavy atom. The fourth-order valence-corrected chi connectivity index (χ4v) is 1.86. The van der Waals surface area contributed by atoms with Crippen LogP contribution in [0.1, 0.15) is 17.3 Å². The van der Waals surface area contributed by atoms with Gasteiger partial charge in [0, 0.05) is 11.8 Å². The Labute approximate surface area is 121 Å². The highest BCUT2D eigenvalue weighted by molar-refractivity contribution is 6.30. The Kier molecular flexibility index (Phi) is 4.76. The molecule has 6 heteroatoms. The van der Waals surface area contributed by atoms with Gasteiger partial charge in [-0.25, -0.2) is 0 Å². The molecule has 0 aliphatic rings. The maximum Gasteiger partial charge on any atom is 0.159 e. The molecule has 1 aromatic carbocycles. The predicted molar refractivity (Wildman–Crippen MR) is 75.2 cm³/mol. The van der Waals surface area contributed by atoms with E-state index in [2.05, 4.69) is 5.10 Å². The van der Waals surface area contributed by atoms with Crippen LogP contribution in [0.3, 0.4) is 0 Å². The van der Waals surface area contributed by atoms with Gasteiger partial charge in [0.2, 0.25) is 0 Å². The van der Waals surface area contributed by atoms with Gasteiger partial charge in [-0.05, 0) is 19.1 Å². The van der Waals surface area contributed by atoms with Gasteiger partial charge in [-0.15, -0.1) is 0 Å². The summed E-state index contributed by atoms with van der Waals surface area (Å²) in [5.41, 5.74) is 0.579. The summed E-state index contributed by atoms with van der Waals surface area (Å²) in [6.07, 6.45) is 2.42. The molecule has 20 heavy (non-hydrogen) atoms. The molecular formula is C14H15ClN2O3. The summed E-state index contributed by atoms with van der Waals surface area (Å²) in [7, 11) is 0. The molecule has 1 atom stereocenters. The third kappa shape index (κ3) is 4.08. The molecule has 5 nitrogen and oxygen atoms in total. The van der Waals surface area contributed by atoms with E-state index >= 15 is 0 Å². The first kappa shape index (κ1) is 14.6. The van der Waals surface area contributed by atoms with E-state index in [1.54, 1.807) is 35.1 Å². The Balaban J connectivity index is 1.88. The number of hydrogen-bond donors (Lipinski definition) is 1. The monoisotopic (exact) mass is 294 g/mol. The molecule has 1 heterocycles. The minimum atomic E-state index is -0.716. The summed E-state index contributed by atoms with van der Waals surface area (Å²) in [6.45, 7) is 1.90. The number of nitrogens with zero attached hydrogens (tertiary/aromatic N) is 2. The van der Waals surface area contributed by atoms with Crippen LogP contribution in [0.25, 0.3) is 0 Å². The molecule has 0 saturated carbocycles. The first-order valence-electron chi connectivity index (χ1n) is 6.14. The van der Waals surface area contributed by atoms with Gasteiger partial charge in [0.15, 0.2) is 5.78 Å². The third-order valence-corrected chi connectivity index (χ3v) is 2.88.